The van der Waals surface area contributed by atoms with Crippen molar-refractivity contribution in [1.82, 2.24) is 0 Å². The minimum Gasteiger partial charge on any atom is -0.354 e. The Hall–Kier alpha value is -3.12. The molecule has 0 aliphatic rings. The van der Waals surface area contributed by atoms with Crippen LogP contribution in [0.15, 0.2) is 124 Å². The van der Waals surface area contributed by atoms with Gasteiger partial charge in [-0.2, -0.15) is 0 Å². The van der Waals surface area contributed by atoms with Crippen molar-refractivity contribution in [3.05, 3.63) is 124 Å². The predicted octanol–water partition coefficient (Wildman–Crippen LogP) is 10.6. The Labute approximate surface area is 243 Å². The fourth-order valence-corrected chi connectivity index (χ4v) is 7.70. The molecule has 38 heavy (non-hydrogen) atoms. The number of hydrogen-bond donors (Lipinski definition) is 2. The molecule has 0 heterocycles. The summed E-state index contributed by atoms with van der Waals surface area (Å²) in [5.74, 6) is 0. The topological polar surface area (TPSA) is 24.1 Å². The van der Waals surface area contributed by atoms with Crippen molar-refractivity contribution >= 4 is 67.9 Å². The van der Waals surface area contributed by atoms with Crippen molar-refractivity contribution in [3.63, 3.8) is 0 Å². The van der Waals surface area contributed by atoms with Crippen LogP contribution in [0.4, 0.5) is 22.7 Å². The first-order chi connectivity index (χ1) is 18.3. The lowest BCUT2D eigenvalue weighted by Crippen LogP contribution is -2.40. The Morgan fingerprint density at radius 2 is 0.763 bits per heavy atom. The molecule has 0 amide bonds. The van der Waals surface area contributed by atoms with Gasteiger partial charge in [-0.1, -0.05) is 98.5 Å². The van der Waals surface area contributed by atoms with Gasteiger partial charge in [0.1, 0.15) is 0 Å². The maximum atomic E-state index is 3.70. The van der Waals surface area contributed by atoms with E-state index < -0.39 is 8.07 Å². The highest BCUT2D eigenvalue weighted by atomic mass is 79.9. The monoisotopic (exact) mass is 640 g/mol. The third kappa shape index (κ3) is 5.65. The number of benzene rings is 5. The largest absolute Gasteiger partial charge is 0.354 e. The van der Waals surface area contributed by atoms with Gasteiger partial charge in [0, 0.05) is 31.4 Å². The molecule has 190 valence electrons. The van der Waals surface area contributed by atoms with Crippen molar-refractivity contribution in [1.29, 1.82) is 0 Å². The zero-order chi connectivity index (χ0) is 26.7. The number of nitrogens with one attached hydrogen (secondary N) is 2. The van der Waals surface area contributed by atoms with Crippen LogP contribution in [0.2, 0.25) is 19.6 Å². The molecule has 0 atom stereocenters. The second-order valence-corrected chi connectivity index (χ2v) is 17.0. The Balaban J connectivity index is 1.67. The standard InChI is InChI=1S/C33H30Br2N2Si/c1-38(2,3)33-25(23-13-4-8-19-29(23)36-31-21-10-6-17-27(31)34)15-12-16-26(33)24-14-5-9-20-30(24)37-32-22-11-7-18-28(32)35/h4-22,36-37H,1-3H3. The van der Waals surface area contributed by atoms with E-state index in [9.17, 15) is 0 Å². The summed E-state index contributed by atoms with van der Waals surface area (Å²) in [6, 6.07) is 40.5. The molecule has 0 aliphatic carbocycles. The fourth-order valence-electron chi connectivity index (χ4n) is 4.88. The summed E-state index contributed by atoms with van der Waals surface area (Å²) in [4.78, 5) is 0. The number of hydrogen-bond acceptors (Lipinski definition) is 2. The van der Waals surface area contributed by atoms with Crippen molar-refractivity contribution < 1.29 is 0 Å². The van der Waals surface area contributed by atoms with Crippen LogP contribution in [0.3, 0.4) is 0 Å². The molecule has 0 aliphatic heterocycles. The first-order valence-electron chi connectivity index (χ1n) is 12.7. The van der Waals surface area contributed by atoms with Crippen molar-refractivity contribution in [2.75, 3.05) is 10.6 Å². The summed E-state index contributed by atoms with van der Waals surface area (Å²) < 4.78 is 2.09. The van der Waals surface area contributed by atoms with E-state index in [1.807, 2.05) is 12.1 Å². The maximum absolute atomic E-state index is 3.70. The number of anilines is 4. The van der Waals surface area contributed by atoms with E-state index >= 15 is 0 Å². The van der Waals surface area contributed by atoms with Crippen molar-refractivity contribution in [2.45, 2.75) is 19.6 Å². The Morgan fingerprint density at radius 3 is 1.16 bits per heavy atom. The predicted molar refractivity (Wildman–Crippen MR) is 175 cm³/mol. The van der Waals surface area contributed by atoms with E-state index in [4.69, 9.17) is 0 Å². The Kier molecular flexibility index (Phi) is 7.89. The van der Waals surface area contributed by atoms with Gasteiger partial charge in [-0.3, -0.25) is 0 Å². The van der Waals surface area contributed by atoms with Gasteiger partial charge in [-0.15, -0.1) is 0 Å². The first kappa shape index (κ1) is 26.5. The average molecular weight is 643 g/mol. The lowest BCUT2D eigenvalue weighted by atomic mass is 9.96. The Morgan fingerprint density at radius 1 is 0.421 bits per heavy atom. The molecule has 5 aromatic rings. The second-order valence-electron chi connectivity index (χ2n) is 10.3. The molecule has 0 fully saturated rings. The maximum Gasteiger partial charge on any atom is 0.0792 e. The molecular weight excluding hydrogens is 612 g/mol. The lowest BCUT2D eigenvalue weighted by Gasteiger charge is -2.27. The molecule has 2 nitrogen and oxygen atoms in total. The third-order valence-corrected chi connectivity index (χ3v) is 9.96. The molecule has 0 aromatic heterocycles. The van der Waals surface area contributed by atoms with E-state index in [2.05, 4.69) is 165 Å². The summed E-state index contributed by atoms with van der Waals surface area (Å²) in [7, 11) is -1.81. The van der Waals surface area contributed by atoms with E-state index in [-0.39, 0.29) is 0 Å². The molecule has 0 saturated carbocycles. The summed E-state index contributed by atoms with van der Waals surface area (Å²) in [5, 5.41) is 8.80. The zero-order valence-corrected chi connectivity index (χ0v) is 25.9. The van der Waals surface area contributed by atoms with E-state index in [1.54, 1.807) is 0 Å². The first-order valence-corrected chi connectivity index (χ1v) is 17.8. The highest BCUT2D eigenvalue weighted by Crippen LogP contribution is 2.38. The average Bonchev–Trinajstić information content (AvgIpc) is 2.91. The minimum atomic E-state index is -1.81. The lowest BCUT2D eigenvalue weighted by molar-refractivity contribution is 1.50. The molecule has 0 radical (unpaired) electrons. The van der Waals surface area contributed by atoms with Gasteiger partial charge in [0.2, 0.25) is 0 Å². The van der Waals surface area contributed by atoms with Gasteiger partial charge in [-0.05, 0) is 84.6 Å². The molecule has 0 saturated heterocycles. The van der Waals surface area contributed by atoms with E-state index in [0.29, 0.717) is 0 Å². The minimum absolute atomic E-state index is 1.04. The van der Waals surface area contributed by atoms with Gasteiger partial charge in [0.25, 0.3) is 0 Å². The Bertz CT molecular complexity index is 1480. The molecule has 5 rings (SSSR count). The van der Waals surface area contributed by atoms with Crippen molar-refractivity contribution in [3.8, 4) is 22.3 Å². The van der Waals surface area contributed by atoms with E-state index in [1.165, 1.54) is 27.4 Å². The SMILES string of the molecule is C[Si](C)(C)c1c(-c2ccccc2Nc2ccccc2Br)cccc1-c1ccccc1Nc1ccccc1Br. The van der Waals surface area contributed by atoms with Crippen LogP contribution >= 0.6 is 31.9 Å². The van der Waals surface area contributed by atoms with Crippen LogP contribution in [-0.2, 0) is 0 Å². The van der Waals surface area contributed by atoms with Crippen LogP contribution in [0.5, 0.6) is 0 Å². The van der Waals surface area contributed by atoms with Crippen LogP contribution < -0.4 is 15.8 Å². The van der Waals surface area contributed by atoms with Crippen molar-refractivity contribution in [2.24, 2.45) is 0 Å². The molecule has 5 heteroatoms. The number of rotatable bonds is 7. The molecule has 0 spiro atoms. The number of halogens is 2. The van der Waals surface area contributed by atoms with Gasteiger partial charge < -0.3 is 10.6 Å². The molecule has 0 unspecified atom stereocenters. The summed E-state index contributed by atoms with van der Waals surface area (Å²) in [5.41, 5.74) is 9.27. The van der Waals surface area contributed by atoms with Crippen LogP contribution in [0.25, 0.3) is 22.3 Å². The molecule has 0 bridgehead atoms. The van der Waals surface area contributed by atoms with Crippen LogP contribution in [0, 0.1) is 0 Å². The zero-order valence-electron chi connectivity index (χ0n) is 21.7. The van der Waals surface area contributed by atoms with Gasteiger partial charge >= 0.3 is 0 Å². The third-order valence-electron chi connectivity index (χ3n) is 6.54. The van der Waals surface area contributed by atoms with Crippen LogP contribution in [-0.4, -0.2) is 8.07 Å². The normalized spacial score (nSPS) is 11.3. The second kappa shape index (κ2) is 11.3. The summed E-state index contributed by atoms with van der Waals surface area (Å²) >= 11 is 7.39. The van der Waals surface area contributed by atoms with Gasteiger partial charge in [-0.25, -0.2) is 0 Å². The van der Waals surface area contributed by atoms with Gasteiger partial charge in [0.05, 0.1) is 19.4 Å². The van der Waals surface area contributed by atoms with E-state index in [0.717, 1.165) is 31.7 Å². The quantitative estimate of drug-likeness (QED) is 0.173. The molecule has 2 N–H and O–H groups in total. The highest BCUT2D eigenvalue weighted by molar-refractivity contribution is 9.11. The molecular formula is C33H30Br2N2Si. The number of para-hydroxylation sites is 4. The fraction of sp³-hybridized carbons (Fsp3) is 0.0909. The summed E-state index contributed by atoms with van der Waals surface area (Å²) in [6.45, 7) is 7.30. The summed E-state index contributed by atoms with van der Waals surface area (Å²) in [6.07, 6.45) is 0. The van der Waals surface area contributed by atoms with Crippen LogP contribution in [0.1, 0.15) is 0 Å². The van der Waals surface area contributed by atoms with Gasteiger partial charge in [0.15, 0.2) is 0 Å². The highest BCUT2D eigenvalue weighted by Gasteiger charge is 2.27. The molecule has 5 aromatic carbocycles. The smallest absolute Gasteiger partial charge is 0.0792 e.